The van der Waals surface area contributed by atoms with Crippen LogP contribution in [0.1, 0.15) is 47.1 Å². The molecule has 4 N–H and O–H groups in total. The molecular weight excluding hydrogens is 494 g/mol. The quantitative estimate of drug-likeness (QED) is 0.287. The number of fused-ring (bicyclic) bond motifs is 1. The van der Waals surface area contributed by atoms with Crippen molar-refractivity contribution in [2.75, 3.05) is 32.1 Å². The molecule has 0 radical (unpaired) electrons. The van der Waals surface area contributed by atoms with Crippen LogP contribution in [0.4, 0.5) is 5.69 Å². The number of ether oxygens (including phenoxy) is 2. The van der Waals surface area contributed by atoms with E-state index < -0.39 is 5.54 Å². The van der Waals surface area contributed by atoms with Gasteiger partial charge in [-0.2, -0.15) is 5.10 Å². The van der Waals surface area contributed by atoms with E-state index in [1.807, 2.05) is 54.6 Å². The zero-order valence-corrected chi connectivity index (χ0v) is 21.7. The maximum atomic E-state index is 13.4. The number of methoxy groups -OCH3 is 1. The number of rotatable bonds is 7. The van der Waals surface area contributed by atoms with Gasteiger partial charge in [0.05, 0.1) is 25.3 Å². The second-order valence-electron chi connectivity index (χ2n) is 9.85. The van der Waals surface area contributed by atoms with E-state index in [1.165, 1.54) is 0 Å². The number of nitrogens with one attached hydrogen (secondary N) is 4. The zero-order valence-electron chi connectivity index (χ0n) is 21.7. The number of carbonyl (C=O) groups excluding carboxylic acids is 1. The van der Waals surface area contributed by atoms with Gasteiger partial charge in [-0.15, -0.1) is 0 Å². The first kappa shape index (κ1) is 24.9. The van der Waals surface area contributed by atoms with Crippen molar-refractivity contribution in [3.05, 3.63) is 83.9 Å². The number of hydrogen-bond acceptors (Lipinski definition) is 8. The Morgan fingerprint density at radius 3 is 2.77 bits per heavy atom. The Labute approximate surface area is 226 Å². The van der Waals surface area contributed by atoms with E-state index in [0.29, 0.717) is 24.4 Å². The number of carbonyl (C=O) groups is 1. The van der Waals surface area contributed by atoms with Gasteiger partial charge in [-0.25, -0.2) is 4.98 Å². The summed E-state index contributed by atoms with van der Waals surface area (Å²) in [6.07, 6.45) is 5.78. The maximum Gasteiger partial charge on any atom is 0.251 e. The molecule has 10 nitrogen and oxygen atoms in total. The number of amides is 1. The molecule has 2 aliphatic heterocycles. The molecule has 10 heteroatoms. The smallest absolute Gasteiger partial charge is 0.251 e. The fourth-order valence-electron chi connectivity index (χ4n) is 5.29. The highest BCUT2D eigenvalue weighted by atomic mass is 16.5. The number of nitrogens with zero attached hydrogens (tertiary/aromatic N) is 3. The number of pyridine rings is 1. The molecule has 4 aromatic rings. The van der Waals surface area contributed by atoms with Gasteiger partial charge >= 0.3 is 0 Å². The number of aromatic amines is 1. The average molecular weight is 526 g/mol. The summed E-state index contributed by atoms with van der Waals surface area (Å²) in [7, 11) is 1.63. The van der Waals surface area contributed by atoms with Crippen molar-refractivity contribution in [1.29, 1.82) is 0 Å². The van der Waals surface area contributed by atoms with E-state index >= 15 is 0 Å². The molecule has 200 valence electrons. The van der Waals surface area contributed by atoms with E-state index in [-0.39, 0.29) is 11.9 Å². The molecule has 2 aromatic carbocycles. The summed E-state index contributed by atoms with van der Waals surface area (Å²) in [5, 5.41) is 18.0. The van der Waals surface area contributed by atoms with E-state index in [0.717, 1.165) is 60.1 Å². The van der Waals surface area contributed by atoms with Crippen molar-refractivity contribution in [2.45, 2.75) is 30.8 Å². The monoisotopic (exact) mass is 525 g/mol. The Morgan fingerprint density at radius 1 is 1.10 bits per heavy atom. The van der Waals surface area contributed by atoms with E-state index in [4.69, 9.17) is 14.5 Å². The van der Waals surface area contributed by atoms with Crippen LogP contribution in [-0.4, -0.2) is 52.9 Å². The predicted octanol–water partition coefficient (Wildman–Crippen LogP) is 3.82. The summed E-state index contributed by atoms with van der Waals surface area (Å²) < 4.78 is 11.2. The van der Waals surface area contributed by atoms with Gasteiger partial charge in [-0.05, 0) is 74.5 Å². The summed E-state index contributed by atoms with van der Waals surface area (Å²) in [6, 6.07) is 16.9. The molecule has 0 bridgehead atoms. The highest BCUT2D eigenvalue weighted by Crippen LogP contribution is 2.36. The summed E-state index contributed by atoms with van der Waals surface area (Å²) >= 11 is 0. The number of hydrogen-bond donors (Lipinski definition) is 4. The maximum absolute atomic E-state index is 13.4. The van der Waals surface area contributed by atoms with Crippen LogP contribution in [0.2, 0.25) is 0 Å². The zero-order chi connectivity index (χ0) is 26.7. The molecule has 1 fully saturated rings. The first-order valence-electron chi connectivity index (χ1n) is 13.2. The van der Waals surface area contributed by atoms with Gasteiger partial charge in [0, 0.05) is 41.2 Å². The molecular formula is C29H31N7O3. The van der Waals surface area contributed by atoms with Crippen LogP contribution in [0.25, 0.3) is 11.4 Å². The minimum Gasteiger partial charge on any atom is -0.497 e. The summed E-state index contributed by atoms with van der Waals surface area (Å²) in [5.41, 5.74) is 2.81. The molecule has 0 unspecified atom stereocenters. The molecule has 2 aliphatic rings. The standard InChI is InChI=1S/C29H31N7O3/c1-38-22-5-6-25-23(18-22)24(9-16-39-25)32-27(37)20-3-2-4-21(17-20)34-29(10-14-31-15-11-29)28-33-26(35-36-28)19-7-12-30-13-8-19/h2-8,12-13,17-18,24,31,34H,9-11,14-16H2,1H3,(H,32,37)(H,33,35,36)/t24-/m0/s1. The molecule has 0 spiro atoms. The van der Waals surface area contributed by atoms with Crippen LogP contribution >= 0.6 is 0 Å². The molecule has 0 aliphatic carbocycles. The van der Waals surface area contributed by atoms with Crippen LogP contribution in [0.5, 0.6) is 11.5 Å². The van der Waals surface area contributed by atoms with Crippen molar-refractivity contribution in [1.82, 2.24) is 30.8 Å². The summed E-state index contributed by atoms with van der Waals surface area (Å²) in [4.78, 5) is 22.3. The van der Waals surface area contributed by atoms with Crippen LogP contribution in [-0.2, 0) is 5.54 Å². The third-order valence-electron chi connectivity index (χ3n) is 7.40. The van der Waals surface area contributed by atoms with Gasteiger partial charge < -0.3 is 25.4 Å². The number of anilines is 1. The lowest BCUT2D eigenvalue weighted by Crippen LogP contribution is -2.46. The summed E-state index contributed by atoms with van der Waals surface area (Å²) in [5.74, 6) is 2.77. The van der Waals surface area contributed by atoms with Crippen LogP contribution in [0.15, 0.2) is 67.0 Å². The number of piperidine rings is 1. The van der Waals surface area contributed by atoms with Gasteiger partial charge in [-0.3, -0.25) is 14.9 Å². The van der Waals surface area contributed by atoms with E-state index in [2.05, 4.69) is 31.1 Å². The van der Waals surface area contributed by atoms with Crippen LogP contribution in [0.3, 0.4) is 0 Å². The highest BCUT2D eigenvalue weighted by Gasteiger charge is 2.37. The Kier molecular flexibility index (Phi) is 6.85. The SMILES string of the molecule is COc1ccc2c(c1)[C@@H](NC(=O)c1cccc(NC3(c4nc(-c5ccncc5)n[nH]4)CCNCC3)c1)CCO2. The van der Waals surface area contributed by atoms with Gasteiger partial charge in [0.25, 0.3) is 5.91 Å². The lowest BCUT2D eigenvalue weighted by molar-refractivity contribution is 0.0924. The van der Waals surface area contributed by atoms with Gasteiger partial charge in [-0.1, -0.05) is 6.07 Å². The van der Waals surface area contributed by atoms with E-state index in [9.17, 15) is 4.79 Å². The average Bonchev–Trinajstić information content (AvgIpc) is 3.50. The normalized spacial score (nSPS) is 17.9. The van der Waals surface area contributed by atoms with Gasteiger partial charge in [0.2, 0.25) is 0 Å². The Hall–Kier alpha value is -4.44. The lowest BCUT2D eigenvalue weighted by atomic mass is 9.87. The summed E-state index contributed by atoms with van der Waals surface area (Å²) in [6.45, 7) is 2.22. The van der Waals surface area contributed by atoms with Crippen molar-refractivity contribution in [3.63, 3.8) is 0 Å². The highest BCUT2D eigenvalue weighted by molar-refractivity contribution is 5.95. The van der Waals surface area contributed by atoms with Crippen molar-refractivity contribution < 1.29 is 14.3 Å². The molecule has 6 rings (SSSR count). The molecule has 2 aromatic heterocycles. The molecule has 39 heavy (non-hydrogen) atoms. The Morgan fingerprint density at radius 2 is 1.95 bits per heavy atom. The van der Waals surface area contributed by atoms with Crippen LogP contribution in [0, 0.1) is 0 Å². The minimum absolute atomic E-state index is 0.140. The molecule has 1 saturated heterocycles. The molecule has 1 atom stereocenters. The fourth-order valence-corrected chi connectivity index (χ4v) is 5.29. The van der Waals surface area contributed by atoms with Gasteiger partial charge in [0.15, 0.2) is 11.6 Å². The largest absolute Gasteiger partial charge is 0.497 e. The van der Waals surface area contributed by atoms with Crippen LogP contribution < -0.4 is 25.4 Å². The first-order valence-corrected chi connectivity index (χ1v) is 13.2. The first-order chi connectivity index (χ1) is 19.1. The van der Waals surface area contributed by atoms with Gasteiger partial charge in [0.1, 0.15) is 11.5 Å². The third kappa shape index (κ3) is 5.15. The fraction of sp³-hybridized carbons (Fsp3) is 0.310. The number of aromatic nitrogens is 4. The number of H-pyrrole nitrogens is 1. The topological polar surface area (TPSA) is 126 Å². The number of benzene rings is 2. The molecule has 0 saturated carbocycles. The third-order valence-corrected chi connectivity index (χ3v) is 7.40. The minimum atomic E-state index is -0.450. The Balaban J connectivity index is 1.23. The Bertz CT molecular complexity index is 1450. The second-order valence-corrected chi connectivity index (χ2v) is 9.85. The van der Waals surface area contributed by atoms with Crippen molar-refractivity contribution in [2.24, 2.45) is 0 Å². The van der Waals surface area contributed by atoms with Crippen molar-refractivity contribution >= 4 is 11.6 Å². The van der Waals surface area contributed by atoms with E-state index in [1.54, 1.807) is 19.5 Å². The predicted molar refractivity (Wildman–Crippen MR) is 147 cm³/mol. The molecule has 1 amide bonds. The molecule has 4 heterocycles. The van der Waals surface area contributed by atoms with Crippen molar-refractivity contribution in [3.8, 4) is 22.9 Å². The lowest BCUT2D eigenvalue weighted by Gasteiger charge is -2.37. The second kappa shape index (κ2) is 10.7.